The molecular weight excluding hydrogens is 220 g/mol. The van der Waals surface area contributed by atoms with Gasteiger partial charge in [0.05, 0.1) is 0 Å². The first-order valence-corrected chi connectivity index (χ1v) is 6.78. The second-order valence-electron chi connectivity index (χ2n) is 4.81. The van der Waals surface area contributed by atoms with Gasteiger partial charge in [-0.15, -0.1) is 0 Å². The van der Waals surface area contributed by atoms with Crippen LogP contribution in [0.1, 0.15) is 44.9 Å². The highest BCUT2D eigenvalue weighted by molar-refractivity contribution is 7.82. The Balaban J connectivity index is 1.79. The number of carbonyl (C=O) groups excluding carboxylic acids is 1. The molecule has 1 amide bonds. The summed E-state index contributed by atoms with van der Waals surface area (Å²) in [5, 5.41) is 3.07. The molecule has 1 aliphatic carbocycles. The first-order valence-electron chi connectivity index (χ1n) is 6.37. The summed E-state index contributed by atoms with van der Waals surface area (Å²) in [5.41, 5.74) is 0. The molecule has 0 atom stereocenters. The van der Waals surface area contributed by atoms with Crippen LogP contribution in [0.3, 0.4) is 0 Å². The normalized spacial score (nSPS) is 22.1. The summed E-state index contributed by atoms with van der Waals surface area (Å²) in [7, 11) is 0. The van der Waals surface area contributed by atoms with Gasteiger partial charge in [-0.25, -0.2) is 0 Å². The van der Waals surface area contributed by atoms with Crippen molar-refractivity contribution in [2.24, 2.45) is 0 Å². The van der Waals surface area contributed by atoms with Crippen LogP contribution in [-0.4, -0.2) is 34.9 Å². The molecule has 1 aliphatic heterocycles. The molecule has 2 fully saturated rings. The van der Waals surface area contributed by atoms with Gasteiger partial charge in [0, 0.05) is 19.1 Å². The minimum absolute atomic E-state index is 0.0243. The number of thiocarbonyl (C=S) groups is 1. The molecule has 4 heteroatoms. The number of amides is 1. The van der Waals surface area contributed by atoms with Crippen molar-refractivity contribution < 1.29 is 4.79 Å². The van der Waals surface area contributed by atoms with Crippen LogP contribution >= 0.6 is 12.2 Å². The van der Waals surface area contributed by atoms with Gasteiger partial charge in [-0.3, -0.25) is 4.79 Å². The molecule has 0 aromatic heterocycles. The molecule has 0 radical (unpaired) electrons. The van der Waals surface area contributed by atoms with E-state index in [0.29, 0.717) is 11.0 Å². The van der Waals surface area contributed by atoms with Crippen molar-refractivity contribution in [2.45, 2.75) is 51.0 Å². The van der Waals surface area contributed by atoms with E-state index in [4.69, 9.17) is 12.2 Å². The highest BCUT2D eigenvalue weighted by atomic mass is 32.1. The maximum absolute atomic E-state index is 11.9. The summed E-state index contributed by atoms with van der Waals surface area (Å²) in [6.07, 6.45) is 8.35. The summed E-state index contributed by atoms with van der Waals surface area (Å²) in [6, 6.07) is 0.363. The van der Waals surface area contributed by atoms with Gasteiger partial charge in [0.1, 0.15) is 0 Å². The highest BCUT2D eigenvalue weighted by Crippen LogP contribution is 2.17. The van der Waals surface area contributed by atoms with Crippen LogP contribution in [0.15, 0.2) is 0 Å². The van der Waals surface area contributed by atoms with Crippen LogP contribution in [0.2, 0.25) is 0 Å². The maximum Gasteiger partial charge on any atom is 0.279 e. The van der Waals surface area contributed by atoms with Gasteiger partial charge in [0.25, 0.3) is 5.91 Å². The number of hydrogen-bond acceptors (Lipinski definition) is 2. The molecule has 90 valence electrons. The Labute approximate surface area is 103 Å². The lowest BCUT2D eigenvalue weighted by Crippen LogP contribution is -2.45. The van der Waals surface area contributed by atoms with Crippen molar-refractivity contribution in [3.63, 3.8) is 0 Å². The largest absolute Gasteiger partial charge is 0.358 e. The molecule has 0 spiro atoms. The Morgan fingerprint density at radius 1 is 1.06 bits per heavy atom. The smallest absolute Gasteiger partial charge is 0.279 e. The highest BCUT2D eigenvalue weighted by Gasteiger charge is 2.23. The number of hydrogen-bond donors (Lipinski definition) is 1. The van der Waals surface area contributed by atoms with E-state index in [0.717, 1.165) is 38.8 Å². The average molecular weight is 240 g/mol. The minimum Gasteiger partial charge on any atom is -0.358 e. The van der Waals surface area contributed by atoms with Gasteiger partial charge in [0.2, 0.25) is 0 Å². The molecule has 0 bridgehead atoms. The Hall–Kier alpha value is -0.640. The monoisotopic (exact) mass is 240 g/mol. The third kappa shape index (κ3) is 2.94. The van der Waals surface area contributed by atoms with E-state index in [-0.39, 0.29) is 5.91 Å². The predicted octanol–water partition coefficient (Wildman–Crippen LogP) is 1.86. The summed E-state index contributed by atoms with van der Waals surface area (Å²) in [5.74, 6) is -0.0243. The molecule has 1 N–H and O–H groups in total. The van der Waals surface area contributed by atoms with Crippen molar-refractivity contribution in [3.8, 4) is 0 Å². The van der Waals surface area contributed by atoms with Crippen LogP contribution in [-0.2, 0) is 4.79 Å². The minimum atomic E-state index is -0.0243. The number of carbonyl (C=O) groups is 1. The predicted molar refractivity (Wildman–Crippen MR) is 68.4 cm³/mol. The Bertz CT molecular complexity index is 268. The lowest BCUT2D eigenvalue weighted by atomic mass is 9.95. The van der Waals surface area contributed by atoms with Gasteiger partial charge in [-0.1, -0.05) is 31.5 Å². The molecule has 1 saturated heterocycles. The van der Waals surface area contributed by atoms with Crippen LogP contribution in [0, 0.1) is 0 Å². The molecule has 0 aromatic carbocycles. The first kappa shape index (κ1) is 11.8. The van der Waals surface area contributed by atoms with E-state index >= 15 is 0 Å². The molecule has 2 aliphatic rings. The van der Waals surface area contributed by atoms with Crippen LogP contribution in [0.5, 0.6) is 0 Å². The summed E-state index contributed by atoms with van der Waals surface area (Å²) in [4.78, 5) is 14.4. The van der Waals surface area contributed by atoms with Crippen LogP contribution < -0.4 is 5.32 Å². The van der Waals surface area contributed by atoms with E-state index in [1.54, 1.807) is 0 Å². The fraction of sp³-hybridized carbons (Fsp3) is 0.833. The van der Waals surface area contributed by atoms with Gasteiger partial charge >= 0.3 is 0 Å². The Kier molecular flexibility index (Phi) is 4.16. The quantitative estimate of drug-likeness (QED) is 0.710. The maximum atomic E-state index is 11.9. The van der Waals surface area contributed by atoms with Gasteiger partial charge in [-0.2, -0.15) is 0 Å². The van der Waals surface area contributed by atoms with Gasteiger partial charge in [-0.05, 0) is 25.7 Å². The number of likely N-dealkylation sites (tertiary alicyclic amines) is 1. The summed E-state index contributed by atoms with van der Waals surface area (Å²) in [6.45, 7) is 1.91. The molecule has 16 heavy (non-hydrogen) atoms. The Morgan fingerprint density at radius 3 is 2.31 bits per heavy atom. The lowest BCUT2D eigenvalue weighted by molar-refractivity contribution is -0.116. The topological polar surface area (TPSA) is 32.3 Å². The first-order chi connectivity index (χ1) is 7.77. The second kappa shape index (κ2) is 5.62. The van der Waals surface area contributed by atoms with Crippen molar-refractivity contribution in [2.75, 3.05) is 13.1 Å². The average Bonchev–Trinajstić information content (AvgIpc) is 2.83. The van der Waals surface area contributed by atoms with E-state index in [1.807, 2.05) is 4.90 Å². The standard InChI is InChI=1S/C12H20N2OS/c15-11(12(16)14-8-4-5-9-14)13-10-6-2-1-3-7-10/h10H,1-9H2,(H,13,15). The SMILES string of the molecule is O=C(NC1CCCCC1)C(=S)N1CCCC1. The zero-order valence-corrected chi connectivity index (χ0v) is 10.5. The molecule has 2 rings (SSSR count). The van der Waals surface area contributed by atoms with E-state index in [9.17, 15) is 4.79 Å². The summed E-state index contributed by atoms with van der Waals surface area (Å²) < 4.78 is 0. The lowest BCUT2D eigenvalue weighted by Gasteiger charge is -2.25. The molecule has 0 unspecified atom stereocenters. The number of rotatable bonds is 1. The number of nitrogens with one attached hydrogen (secondary N) is 1. The molecule has 0 aromatic rings. The molecule has 3 nitrogen and oxygen atoms in total. The fourth-order valence-electron chi connectivity index (χ4n) is 2.56. The van der Waals surface area contributed by atoms with Gasteiger partial charge in [0.15, 0.2) is 4.99 Å². The number of nitrogens with zero attached hydrogens (tertiary/aromatic N) is 1. The third-order valence-corrected chi connectivity index (χ3v) is 3.97. The van der Waals surface area contributed by atoms with E-state index in [1.165, 1.54) is 19.3 Å². The van der Waals surface area contributed by atoms with Crippen molar-refractivity contribution >= 4 is 23.1 Å². The van der Waals surface area contributed by atoms with Crippen LogP contribution in [0.25, 0.3) is 0 Å². The van der Waals surface area contributed by atoms with Crippen LogP contribution in [0.4, 0.5) is 0 Å². The third-order valence-electron chi connectivity index (χ3n) is 3.53. The van der Waals surface area contributed by atoms with Crippen molar-refractivity contribution in [1.82, 2.24) is 10.2 Å². The summed E-state index contributed by atoms with van der Waals surface area (Å²) >= 11 is 5.22. The van der Waals surface area contributed by atoms with E-state index < -0.39 is 0 Å². The fourth-order valence-corrected chi connectivity index (χ4v) is 2.80. The molecule has 1 heterocycles. The van der Waals surface area contributed by atoms with Crippen molar-refractivity contribution in [1.29, 1.82) is 0 Å². The zero-order valence-electron chi connectivity index (χ0n) is 9.71. The molecular formula is C12H20N2OS. The van der Waals surface area contributed by atoms with Crippen molar-refractivity contribution in [3.05, 3.63) is 0 Å². The molecule has 1 saturated carbocycles. The zero-order chi connectivity index (χ0) is 11.4. The second-order valence-corrected chi connectivity index (χ2v) is 5.19. The van der Waals surface area contributed by atoms with Gasteiger partial charge < -0.3 is 10.2 Å². The van der Waals surface area contributed by atoms with E-state index in [2.05, 4.69) is 5.32 Å². The Morgan fingerprint density at radius 2 is 1.69 bits per heavy atom.